The van der Waals surface area contributed by atoms with Crippen LogP contribution < -0.4 is 0 Å². The molecule has 0 amide bonds. The van der Waals surface area contributed by atoms with Gasteiger partial charge in [-0.1, -0.05) is 30.3 Å². The maximum atomic E-state index is 13.7. The third kappa shape index (κ3) is 2.90. The second-order valence-electron chi connectivity index (χ2n) is 5.79. The number of ether oxygens (including phenoxy) is 1. The second-order valence-corrected chi connectivity index (χ2v) is 5.79. The van der Waals surface area contributed by atoms with Crippen LogP contribution in [-0.4, -0.2) is 28.4 Å². The quantitative estimate of drug-likeness (QED) is 0.406. The first kappa shape index (κ1) is 17.5. The van der Waals surface area contributed by atoms with Gasteiger partial charge in [-0.25, -0.2) is 9.78 Å². The molecule has 3 aromatic rings. The molecule has 3 rings (SSSR count). The van der Waals surface area contributed by atoms with Crippen molar-refractivity contribution in [3.05, 3.63) is 65.7 Å². The van der Waals surface area contributed by atoms with E-state index >= 15 is 0 Å². The van der Waals surface area contributed by atoms with Crippen molar-refractivity contribution in [2.75, 3.05) is 7.11 Å². The van der Waals surface area contributed by atoms with Crippen LogP contribution >= 0.6 is 0 Å². The molecular formula is C20H17FN2O3. The van der Waals surface area contributed by atoms with Gasteiger partial charge in [0.25, 0.3) is 0 Å². The van der Waals surface area contributed by atoms with Gasteiger partial charge in [-0.05, 0) is 18.6 Å². The van der Waals surface area contributed by atoms with Gasteiger partial charge in [0, 0.05) is 24.9 Å². The lowest BCUT2D eigenvalue weighted by Gasteiger charge is -2.09. The van der Waals surface area contributed by atoms with Crippen LogP contribution in [0.1, 0.15) is 27.6 Å². The first-order valence-corrected chi connectivity index (χ1v) is 7.95. The summed E-state index contributed by atoms with van der Waals surface area (Å²) in [5, 5.41) is 0. The van der Waals surface area contributed by atoms with Gasteiger partial charge in [0.05, 0.1) is 29.6 Å². The molecule has 132 valence electrons. The summed E-state index contributed by atoms with van der Waals surface area (Å²) < 4.78 is 20.3. The normalized spacial score (nSPS) is 10.6. The van der Waals surface area contributed by atoms with Crippen molar-refractivity contribution >= 4 is 11.8 Å². The molecule has 5 nitrogen and oxygen atoms in total. The van der Waals surface area contributed by atoms with Crippen LogP contribution in [0.2, 0.25) is 0 Å². The molecule has 0 spiro atoms. The van der Waals surface area contributed by atoms with Gasteiger partial charge in [0.2, 0.25) is 5.95 Å². The summed E-state index contributed by atoms with van der Waals surface area (Å²) in [5.74, 6) is -1.61. The van der Waals surface area contributed by atoms with Gasteiger partial charge in [-0.15, -0.1) is 0 Å². The number of methoxy groups -OCH3 is 1. The summed E-state index contributed by atoms with van der Waals surface area (Å²) in [7, 11) is 2.98. The highest BCUT2D eigenvalue weighted by atomic mass is 19.1. The van der Waals surface area contributed by atoms with Gasteiger partial charge in [-0.2, -0.15) is 4.39 Å². The predicted molar refractivity (Wildman–Crippen MR) is 95.4 cm³/mol. The molecule has 26 heavy (non-hydrogen) atoms. The number of carbonyl (C=O) groups is 2. The van der Waals surface area contributed by atoms with Crippen molar-refractivity contribution in [3.8, 4) is 22.5 Å². The Hall–Kier alpha value is -3.28. The topological polar surface area (TPSA) is 61.2 Å². The fourth-order valence-electron chi connectivity index (χ4n) is 3.15. The van der Waals surface area contributed by atoms with E-state index in [-0.39, 0.29) is 16.9 Å². The van der Waals surface area contributed by atoms with Gasteiger partial charge in [0.15, 0.2) is 5.78 Å². The van der Waals surface area contributed by atoms with Crippen molar-refractivity contribution in [3.63, 3.8) is 0 Å². The third-order valence-corrected chi connectivity index (χ3v) is 4.18. The van der Waals surface area contributed by atoms with Crippen LogP contribution in [0.3, 0.4) is 0 Å². The Labute approximate surface area is 150 Å². The SMILES string of the molecule is COC(=O)c1c(C(C)=O)c(-c2ccccc2)n(C)c1-c1ccnc(F)c1. The lowest BCUT2D eigenvalue weighted by molar-refractivity contribution is 0.0598. The summed E-state index contributed by atoms with van der Waals surface area (Å²) in [5.41, 5.74) is 2.55. The van der Waals surface area contributed by atoms with Crippen molar-refractivity contribution < 1.29 is 18.7 Å². The molecular weight excluding hydrogens is 335 g/mol. The highest BCUT2D eigenvalue weighted by Gasteiger charge is 2.30. The maximum Gasteiger partial charge on any atom is 0.340 e. The second kappa shape index (κ2) is 6.92. The smallest absolute Gasteiger partial charge is 0.340 e. The molecule has 2 aromatic heterocycles. The van der Waals surface area contributed by atoms with E-state index in [1.54, 1.807) is 17.7 Å². The number of aromatic nitrogens is 2. The minimum atomic E-state index is -0.676. The van der Waals surface area contributed by atoms with E-state index in [1.165, 1.54) is 26.3 Å². The van der Waals surface area contributed by atoms with E-state index in [1.807, 2.05) is 30.3 Å². The number of benzene rings is 1. The van der Waals surface area contributed by atoms with E-state index in [0.29, 0.717) is 17.0 Å². The number of hydrogen-bond donors (Lipinski definition) is 0. The molecule has 6 heteroatoms. The number of rotatable bonds is 4. The Kier molecular flexibility index (Phi) is 4.67. The predicted octanol–water partition coefficient (Wildman–Crippen LogP) is 3.88. The summed E-state index contributed by atoms with van der Waals surface area (Å²) in [4.78, 5) is 28.5. The molecule has 0 aliphatic carbocycles. The van der Waals surface area contributed by atoms with Gasteiger partial charge in [-0.3, -0.25) is 4.79 Å². The van der Waals surface area contributed by atoms with E-state index in [4.69, 9.17) is 4.74 Å². The average Bonchev–Trinajstić information content (AvgIpc) is 2.95. The van der Waals surface area contributed by atoms with Gasteiger partial charge >= 0.3 is 5.97 Å². The maximum absolute atomic E-state index is 13.7. The van der Waals surface area contributed by atoms with Crippen LogP contribution in [0.25, 0.3) is 22.5 Å². The van der Waals surface area contributed by atoms with Crippen molar-refractivity contribution in [1.29, 1.82) is 0 Å². The molecule has 0 unspecified atom stereocenters. The number of Topliss-reactive ketones (excluding diaryl/α,β-unsaturated/α-hetero) is 1. The summed E-state index contributed by atoms with van der Waals surface area (Å²) in [6.45, 7) is 1.39. The number of halogens is 1. The lowest BCUT2D eigenvalue weighted by Crippen LogP contribution is -2.08. The summed E-state index contributed by atoms with van der Waals surface area (Å²) >= 11 is 0. The Morgan fingerprint density at radius 3 is 2.27 bits per heavy atom. The number of esters is 1. The summed E-state index contributed by atoms with van der Waals surface area (Å²) in [6.07, 6.45) is 1.31. The van der Waals surface area contributed by atoms with E-state index in [9.17, 15) is 14.0 Å². The molecule has 0 atom stereocenters. The lowest BCUT2D eigenvalue weighted by atomic mass is 9.99. The molecule has 0 radical (unpaired) electrons. The van der Waals surface area contributed by atoms with Crippen LogP contribution in [0.4, 0.5) is 4.39 Å². The van der Waals surface area contributed by atoms with Crippen LogP contribution in [0.15, 0.2) is 48.7 Å². The fourth-order valence-corrected chi connectivity index (χ4v) is 3.15. The summed E-state index contributed by atoms with van der Waals surface area (Å²) in [6, 6.07) is 12.1. The van der Waals surface area contributed by atoms with Gasteiger partial charge in [0.1, 0.15) is 0 Å². The van der Waals surface area contributed by atoms with E-state index < -0.39 is 11.9 Å². The average molecular weight is 352 g/mol. The van der Waals surface area contributed by atoms with E-state index in [0.717, 1.165) is 5.56 Å². The molecule has 0 fully saturated rings. The zero-order chi connectivity index (χ0) is 18.8. The minimum absolute atomic E-state index is 0.118. The molecule has 0 saturated heterocycles. The number of pyridine rings is 1. The van der Waals surface area contributed by atoms with Crippen LogP contribution in [-0.2, 0) is 11.8 Å². The van der Waals surface area contributed by atoms with Crippen molar-refractivity contribution in [2.45, 2.75) is 6.92 Å². The van der Waals surface area contributed by atoms with Crippen LogP contribution in [0.5, 0.6) is 0 Å². The zero-order valence-corrected chi connectivity index (χ0v) is 14.6. The highest BCUT2D eigenvalue weighted by molar-refractivity contribution is 6.13. The monoisotopic (exact) mass is 352 g/mol. The van der Waals surface area contributed by atoms with Crippen LogP contribution in [0, 0.1) is 5.95 Å². The number of carbonyl (C=O) groups excluding carboxylic acids is 2. The zero-order valence-electron chi connectivity index (χ0n) is 14.6. The molecule has 0 aliphatic rings. The Balaban J connectivity index is 2.44. The first-order valence-electron chi connectivity index (χ1n) is 7.95. The molecule has 0 N–H and O–H groups in total. The van der Waals surface area contributed by atoms with E-state index in [2.05, 4.69) is 4.98 Å². The first-order chi connectivity index (χ1) is 12.5. The fraction of sp³-hybridized carbons (Fsp3) is 0.150. The van der Waals surface area contributed by atoms with Crippen molar-refractivity contribution in [1.82, 2.24) is 9.55 Å². The number of hydrogen-bond acceptors (Lipinski definition) is 4. The number of nitrogens with zero attached hydrogens (tertiary/aromatic N) is 2. The Bertz CT molecular complexity index is 994. The Morgan fingerprint density at radius 1 is 1.04 bits per heavy atom. The van der Waals surface area contributed by atoms with Crippen molar-refractivity contribution in [2.24, 2.45) is 7.05 Å². The standard InChI is InChI=1S/C20H17FN2O3/c1-12(24)16-17(20(25)26-3)19(14-9-10-22-15(21)11-14)23(2)18(16)13-7-5-4-6-8-13/h4-11H,1-3H3. The largest absolute Gasteiger partial charge is 0.465 e. The number of ketones is 1. The van der Waals surface area contributed by atoms with Gasteiger partial charge < -0.3 is 9.30 Å². The Morgan fingerprint density at radius 2 is 1.69 bits per heavy atom. The molecule has 0 saturated carbocycles. The molecule has 1 aromatic carbocycles. The minimum Gasteiger partial charge on any atom is -0.465 e. The third-order valence-electron chi connectivity index (χ3n) is 4.18. The molecule has 0 aliphatic heterocycles. The highest BCUT2D eigenvalue weighted by Crippen LogP contribution is 2.37. The molecule has 2 heterocycles. The molecule has 0 bridgehead atoms.